The van der Waals surface area contributed by atoms with Crippen molar-refractivity contribution in [1.82, 2.24) is 5.32 Å². The molecule has 0 aliphatic carbocycles. The molecule has 0 aromatic rings. The van der Waals surface area contributed by atoms with Crippen LogP contribution >= 0.6 is 11.6 Å². The predicted molar refractivity (Wildman–Crippen MR) is 64.4 cm³/mol. The average molecular weight is 268 g/mol. The van der Waals surface area contributed by atoms with E-state index in [1.807, 2.05) is 6.92 Å². The van der Waals surface area contributed by atoms with Crippen molar-refractivity contribution in [3.8, 4) is 0 Å². The van der Waals surface area contributed by atoms with Gasteiger partial charge in [-0.05, 0) is 19.3 Å². The molecule has 1 aliphatic rings. The predicted octanol–water partition coefficient (Wildman–Crippen LogP) is 1.09. The first-order chi connectivity index (χ1) is 7.47. The lowest BCUT2D eigenvalue weighted by molar-refractivity contribution is -0.120. The van der Waals surface area contributed by atoms with E-state index in [1.54, 1.807) is 0 Å². The second-order valence-corrected chi connectivity index (χ2v) is 7.02. The van der Waals surface area contributed by atoms with Crippen molar-refractivity contribution in [3.05, 3.63) is 0 Å². The van der Waals surface area contributed by atoms with Gasteiger partial charge in [-0.15, -0.1) is 11.6 Å². The van der Waals surface area contributed by atoms with Gasteiger partial charge in [0.15, 0.2) is 9.84 Å². The summed E-state index contributed by atoms with van der Waals surface area (Å²) in [6, 6.07) is 0. The van der Waals surface area contributed by atoms with Crippen molar-refractivity contribution < 1.29 is 13.2 Å². The summed E-state index contributed by atoms with van der Waals surface area (Å²) in [5.41, 5.74) is 0. The standard InChI is InChI=1S/C10H18ClNO3S/c1-2-8(11)7-12-10(13)9-5-3-4-6-16(9,14)15/h8-9H,2-7H2,1H3,(H,12,13). The number of hydrogen-bond acceptors (Lipinski definition) is 3. The Balaban J connectivity index is 2.53. The molecule has 16 heavy (non-hydrogen) atoms. The number of carbonyl (C=O) groups excluding carboxylic acids is 1. The highest BCUT2D eigenvalue weighted by molar-refractivity contribution is 7.92. The van der Waals surface area contributed by atoms with E-state index in [4.69, 9.17) is 11.6 Å². The van der Waals surface area contributed by atoms with Crippen LogP contribution in [-0.4, -0.2) is 37.2 Å². The first kappa shape index (κ1) is 13.8. The quantitative estimate of drug-likeness (QED) is 0.776. The second kappa shape index (κ2) is 5.87. The highest BCUT2D eigenvalue weighted by Crippen LogP contribution is 2.19. The molecular formula is C10H18ClNO3S. The van der Waals surface area contributed by atoms with Crippen molar-refractivity contribution in [2.45, 2.75) is 43.2 Å². The number of hydrogen-bond donors (Lipinski definition) is 1. The van der Waals surface area contributed by atoms with Crippen molar-refractivity contribution in [2.24, 2.45) is 0 Å². The van der Waals surface area contributed by atoms with Gasteiger partial charge in [0, 0.05) is 6.54 Å². The Morgan fingerprint density at radius 1 is 1.50 bits per heavy atom. The largest absolute Gasteiger partial charge is 0.353 e. The molecule has 1 saturated heterocycles. The van der Waals surface area contributed by atoms with Crippen LogP contribution in [0, 0.1) is 0 Å². The van der Waals surface area contributed by atoms with Gasteiger partial charge in [0.05, 0.1) is 11.1 Å². The lowest BCUT2D eigenvalue weighted by Crippen LogP contribution is -2.44. The molecule has 0 aromatic carbocycles. The van der Waals surface area contributed by atoms with Crippen LogP contribution in [-0.2, 0) is 14.6 Å². The van der Waals surface area contributed by atoms with Gasteiger partial charge >= 0.3 is 0 Å². The van der Waals surface area contributed by atoms with Gasteiger partial charge in [-0.3, -0.25) is 4.79 Å². The first-order valence-electron chi connectivity index (χ1n) is 5.60. The monoisotopic (exact) mass is 267 g/mol. The zero-order chi connectivity index (χ0) is 12.2. The number of amides is 1. The fourth-order valence-electron chi connectivity index (χ4n) is 1.72. The number of sulfone groups is 1. The summed E-state index contributed by atoms with van der Waals surface area (Å²) in [5, 5.41) is 1.62. The van der Waals surface area contributed by atoms with Gasteiger partial charge in [-0.25, -0.2) is 8.42 Å². The third-order valence-corrected chi connectivity index (χ3v) is 5.45. The highest BCUT2D eigenvalue weighted by Gasteiger charge is 2.34. The summed E-state index contributed by atoms with van der Waals surface area (Å²) in [6.07, 6.45) is 2.65. The zero-order valence-corrected chi connectivity index (χ0v) is 11.0. The minimum absolute atomic E-state index is 0.128. The lowest BCUT2D eigenvalue weighted by atomic mass is 10.2. The van der Waals surface area contributed by atoms with E-state index in [1.165, 1.54) is 0 Å². The number of carbonyl (C=O) groups is 1. The number of rotatable bonds is 4. The second-order valence-electron chi connectivity index (χ2n) is 4.10. The van der Waals surface area contributed by atoms with Crippen LogP contribution in [0.15, 0.2) is 0 Å². The molecule has 1 heterocycles. The minimum atomic E-state index is -3.23. The lowest BCUT2D eigenvalue weighted by Gasteiger charge is -2.21. The molecule has 1 amide bonds. The Kier molecular flexibility index (Phi) is 5.05. The van der Waals surface area contributed by atoms with E-state index in [-0.39, 0.29) is 17.0 Å². The summed E-state index contributed by atoms with van der Waals surface area (Å²) in [6.45, 7) is 2.25. The average Bonchev–Trinajstić information content (AvgIpc) is 2.24. The Morgan fingerprint density at radius 2 is 2.19 bits per heavy atom. The van der Waals surface area contributed by atoms with Crippen LogP contribution in [0.4, 0.5) is 0 Å². The smallest absolute Gasteiger partial charge is 0.238 e. The molecule has 0 saturated carbocycles. The molecule has 0 bridgehead atoms. The maximum atomic E-state index is 11.7. The maximum absolute atomic E-state index is 11.7. The van der Waals surface area contributed by atoms with E-state index < -0.39 is 15.1 Å². The Morgan fingerprint density at radius 3 is 2.75 bits per heavy atom. The molecule has 2 atom stereocenters. The fraction of sp³-hybridized carbons (Fsp3) is 0.900. The maximum Gasteiger partial charge on any atom is 0.238 e. The van der Waals surface area contributed by atoms with E-state index in [9.17, 15) is 13.2 Å². The minimum Gasteiger partial charge on any atom is -0.353 e. The molecule has 0 spiro atoms. The number of alkyl halides is 1. The molecule has 0 radical (unpaired) electrons. The summed E-state index contributed by atoms with van der Waals surface area (Å²) in [7, 11) is -3.23. The van der Waals surface area contributed by atoms with E-state index in [0.717, 1.165) is 12.8 Å². The van der Waals surface area contributed by atoms with Gasteiger partial charge in [0.1, 0.15) is 5.25 Å². The van der Waals surface area contributed by atoms with Gasteiger partial charge in [-0.1, -0.05) is 13.3 Å². The Labute approximate surface area is 102 Å². The third-order valence-electron chi connectivity index (χ3n) is 2.81. The summed E-state index contributed by atoms with van der Waals surface area (Å²) in [4.78, 5) is 11.7. The molecule has 1 aliphatic heterocycles. The van der Waals surface area contributed by atoms with Crippen LogP contribution in [0.3, 0.4) is 0 Å². The summed E-state index contributed by atoms with van der Waals surface area (Å²) >= 11 is 5.86. The van der Waals surface area contributed by atoms with Crippen molar-refractivity contribution in [3.63, 3.8) is 0 Å². The van der Waals surface area contributed by atoms with E-state index in [0.29, 0.717) is 19.4 Å². The van der Waals surface area contributed by atoms with Crippen LogP contribution in [0.2, 0.25) is 0 Å². The zero-order valence-electron chi connectivity index (χ0n) is 9.41. The fourth-order valence-corrected chi connectivity index (χ4v) is 3.62. The normalized spacial score (nSPS) is 26.0. The van der Waals surface area contributed by atoms with E-state index >= 15 is 0 Å². The Bertz CT molecular complexity index is 342. The van der Waals surface area contributed by atoms with Gasteiger partial charge in [-0.2, -0.15) is 0 Å². The number of halogens is 1. The molecular weight excluding hydrogens is 250 g/mol. The molecule has 94 valence electrons. The molecule has 0 aromatic heterocycles. The topological polar surface area (TPSA) is 63.2 Å². The van der Waals surface area contributed by atoms with Crippen LogP contribution < -0.4 is 5.32 Å². The summed E-state index contributed by atoms with van der Waals surface area (Å²) in [5.74, 6) is -0.262. The van der Waals surface area contributed by atoms with Crippen LogP contribution in [0.25, 0.3) is 0 Å². The molecule has 2 unspecified atom stereocenters. The first-order valence-corrected chi connectivity index (χ1v) is 7.76. The van der Waals surface area contributed by atoms with Crippen molar-refractivity contribution >= 4 is 27.3 Å². The van der Waals surface area contributed by atoms with Gasteiger partial charge in [0.2, 0.25) is 5.91 Å². The van der Waals surface area contributed by atoms with Gasteiger partial charge in [0.25, 0.3) is 0 Å². The molecule has 1 rings (SSSR count). The molecule has 6 heteroatoms. The van der Waals surface area contributed by atoms with Gasteiger partial charge < -0.3 is 5.32 Å². The number of nitrogens with one attached hydrogen (secondary N) is 1. The molecule has 1 N–H and O–H groups in total. The molecule has 4 nitrogen and oxygen atoms in total. The Hall–Kier alpha value is -0.290. The SMILES string of the molecule is CCC(Cl)CNC(=O)C1CCCCS1(=O)=O. The van der Waals surface area contributed by atoms with Crippen molar-refractivity contribution in [2.75, 3.05) is 12.3 Å². The summed E-state index contributed by atoms with van der Waals surface area (Å²) < 4.78 is 23.3. The van der Waals surface area contributed by atoms with E-state index in [2.05, 4.69) is 5.32 Å². The highest BCUT2D eigenvalue weighted by atomic mass is 35.5. The van der Waals surface area contributed by atoms with Crippen molar-refractivity contribution in [1.29, 1.82) is 0 Å². The van der Waals surface area contributed by atoms with Crippen LogP contribution in [0.1, 0.15) is 32.6 Å². The third kappa shape index (κ3) is 3.63. The van der Waals surface area contributed by atoms with Crippen LogP contribution in [0.5, 0.6) is 0 Å². The molecule has 1 fully saturated rings.